The topological polar surface area (TPSA) is 61.3 Å². The molecular weight excluding hydrogens is 370 g/mol. The highest BCUT2D eigenvalue weighted by atomic mass is 16.5. The largest absolute Gasteiger partial charge is 0.466 e. The van der Waals surface area contributed by atoms with Gasteiger partial charge in [-0.05, 0) is 25.2 Å². The van der Waals surface area contributed by atoms with Crippen molar-refractivity contribution in [3.05, 3.63) is 0 Å². The summed E-state index contributed by atoms with van der Waals surface area (Å²) in [6.07, 6.45) is 26.6. The van der Waals surface area contributed by atoms with Crippen LogP contribution < -0.4 is 6.15 Å². The minimum atomic E-state index is 0. The minimum absolute atomic E-state index is 0. The number of esters is 1. The quantitative estimate of drug-likeness (QED) is 0.130. The van der Waals surface area contributed by atoms with Crippen molar-refractivity contribution in [1.82, 2.24) is 6.15 Å². The van der Waals surface area contributed by atoms with Crippen LogP contribution in [0.25, 0.3) is 0 Å². The summed E-state index contributed by atoms with van der Waals surface area (Å²) in [5.74, 6) is 0.602. The van der Waals surface area contributed by atoms with E-state index in [9.17, 15) is 4.79 Å². The average molecular weight is 428 g/mol. The maximum Gasteiger partial charge on any atom is 0.306 e. The van der Waals surface area contributed by atoms with E-state index in [4.69, 9.17) is 4.74 Å². The molecule has 30 heavy (non-hydrogen) atoms. The summed E-state index contributed by atoms with van der Waals surface area (Å²) in [6.45, 7) is 7.42. The molecule has 0 bridgehead atoms. The molecular formula is C27H57NO2. The number of carbonyl (C=O) groups excluding carboxylic acids is 1. The number of hydrogen-bond acceptors (Lipinski definition) is 3. The van der Waals surface area contributed by atoms with Gasteiger partial charge in [0.05, 0.1) is 6.61 Å². The summed E-state index contributed by atoms with van der Waals surface area (Å²) >= 11 is 0. The number of ether oxygens (including phenoxy) is 1. The Balaban J connectivity index is 0. The smallest absolute Gasteiger partial charge is 0.306 e. The van der Waals surface area contributed by atoms with Gasteiger partial charge in [-0.1, -0.05) is 130 Å². The van der Waals surface area contributed by atoms with Gasteiger partial charge in [0.2, 0.25) is 0 Å². The monoisotopic (exact) mass is 427 g/mol. The Labute approximate surface area is 190 Å². The summed E-state index contributed by atoms with van der Waals surface area (Å²) in [7, 11) is 0. The van der Waals surface area contributed by atoms with Crippen molar-refractivity contribution in [1.29, 1.82) is 0 Å². The third-order valence-corrected chi connectivity index (χ3v) is 6.15. The Morgan fingerprint density at radius 3 is 1.37 bits per heavy atom. The van der Waals surface area contributed by atoms with Crippen LogP contribution in [0.5, 0.6) is 0 Å². The SMILES string of the molecule is CCCCCCCCOC(=O)CC(CCCCCCCC)CCCCCCCC.N. The second-order valence-electron chi connectivity index (χ2n) is 9.17. The van der Waals surface area contributed by atoms with E-state index in [-0.39, 0.29) is 12.1 Å². The lowest BCUT2D eigenvalue weighted by atomic mass is 9.91. The highest BCUT2D eigenvalue weighted by molar-refractivity contribution is 5.69. The van der Waals surface area contributed by atoms with Crippen molar-refractivity contribution in [2.24, 2.45) is 5.92 Å². The van der Waals surface area contributed by atoms with Crippen LogP contribution in [-0.2, 0) is 9.53 Å². The summed E-state index contributed by atoms with van der Waals surface area (Å²) < 4.78 is 5.56. The molecule has 0 radical (unpaired) electrons. The van der Waals surface area contributed by atoms with E-state index in [1.807, 2.05) is 0 Å². The third kappa shape index (κ3) is 23.7. The summed E-state index contributed by atoms with van der Waals surface area (Å²) in [5, 5.41) is 0. The van der Waals surface area contributed by atoms with Crippen LogP contribution in [0, 0.1) is 5.92 Å². The van der Waals surface area contributed by atoms with Gasteiger partial charge >= 0.3 is 5.97 Å². The van der Waals surface area contributed by atoms with E-state index in [1.54, 1.807) is 0 Å². The van der Waals surface area contributed by atoms with Crippen LogP contribution in [-0.4, -0.2) is 12.6 Å². The van der Waals surface area contributed by atoms with E-state index in [0.717, 1.165) is 6.42 Å². The lowest BCUT2D eigenvalue weighted by Gasteiger charge is -2.16. The van der Waals surface area contributed by atoms with E-state index in [0.29, 0.717) is 18.9 Å². The molecule has 0 atom stereocenters. The molecule has 0 fully saturated rings. The Bertz CT molecular complexity index is 317. The second-order valence-corrected chi connectivity index (χ2v) is 9.17. The normalized spacial score (nSPS) is 10.9. The molecule has 3 N–H and O–H groups in total. The van der Waals surface area contributed by atoms with E-state index < -0.39 is 0 Å². The molecule has 0 amide bonds. The summed E-state index contributed by atoms with van der Waals surface area (Å²) in [5.41, 5.74) is 0. The van der Waals surface area contributed by atoms with Gasteiger partial charge in [0, 0.05) is 6.42 Å². The molecule has 0 aliphatic rings. The molecule has 3 nitrogen and oxygen atoms in total. The second kappa shape index (κ2) is 26.5. The minimum Gasteiger partial charge on any atom is -0.466 e. The van der Waals surface area contributed by atoms with E-state index in [2.05, 4.69) is 20.8 Å². The average Bonchev–Trinajstić information content (AvgIpc) is 2.72. The standard InChI is InChI=1S/C27H54O2.H3N/c1-4-7-10-13-16-19-22-26(23-20-17-14-11-8-5-2)25-27(28)29-24-21-18-15-12-9-6-3;/h26H,4-25H2,1-3H3;1H3. The van der Waals surface area contributed by atoms with E-state index >= 15 is 0 Å². The first-order chi connectivity index (χ1) is 14.2. The number of carbonyl (C=O) groups is 1. The highest BCUT2D eigenvalue weighted by Crippen LogP contribution is 2.23. The Morgan fingerprint density at radius 1 is 0.567 bits per heavy atom. The molecule has 0 aliphatic carbocycles. The first-order valence-electron chi connectivity index (χ1n) is 13.4. The first kappa shape index (κ1) is 31.6. The van der Waals surface area contributed by atoms with Crippen LogP contribution in [0.15, 0.2) is 0 Å². The fourth-order valence-electron chi connectivity index (χ4n) is 4.14. The molecule has 0 saturated heterocycles. The number of hydrogen-bond donors (Lipinski definition) is 1. The van der Waals surface area contributed by atoms with Crippen molar-refractivity contribution in [2.45, 2.75) is 156 Å². The molecule has 0 heterocycles. The van der Waals surface area contributed by atoms with Crippen molar-refractivity contribution in [3.8, 4) is 0 Å². The van der Waals surface area contributed by atoms with Gasteiger partial charge in [0.1, 0.15) is 0 Å². The fraction of sp³-hybridized carbons (Fsp3) is 0.963. The lowest BCUT2D eigenvalue weighted by Crippen LogP contribution is -2.13. The Hall–Kier alpha value is -0.570. The molecule has 0 aliphatic heterocycles. The van der Waals surface area contributed by atoms with Crippen LogP contribution >= 0.6 is 0 Å². The molecule has 3 heteroatoms. The molecule has 0 rings (SSSR count). The highest BCUT2D eigenvalue weighted by Gasteiger charge is 2.14. The van der Waals surface area contributed by atoms with Gasteiger partial charge in [-0.25, -0.2) is 0 Å². The molecule has 0 saturated carbocycles. The summed E-state index contributed by atoms with van der Waals surface area (Å²) in [6, 6.07) is 0. The first-order valence-corrected chi connectivity index (χ1v) is 13.4. The van der Waals surface area contributed by atoms with Crippen molar-refractivity contribution < 1.29 is 9.53 Å². The maximum absolute atomic E-state index is 12.3. The number of unbranched alkanes of at least 4 members (excludes halogenated alkanes) is 15. The van der Waals surface area contributed by atoms with E-state index in [1.165, 1.54) is 122 Å². The predicted molar refractivity (Wildman–Crippen MR) is 133 cm³/mol. The zero-order chi connectivity index (χ0) is 21.4. The molecule has 0 spiro atoms. The zero-order valence-electron chi connectivity index (χ0n) is 21.2. The van der Waals surface area contributed by atoms with Gasteiger partial charge in [-0.3, -0.25) is 4.79 Å². The van der Waals surface area contributed by atoms with Gasteiger partial charge < -0.3 is 10.9 Å². The molecule has 0 aromatic carbocycles. The fourth-order valence-corrected chi connectivity index (χ4v) is 4.14. The van der Waals surface area contributed by atoms with Crippen LogP contribution in [0.4, 0.5) is 0 Å². The predicted octanol–water partition coefficient (Wildman–Crippen LogP) is 9.56. The van der Waals surface area contributed by atoms with Gasteiger partial charge in [-0.15, -0.1) is 0 Å². The van der Waals surface area contributed by atoms with Crippen molar-refractivity contribution in [2.75, 3.05) is 6.61 Å². The summed E-state index contributed by atoms with van der Waals surface area (Å²) in [4.78, 5) is 12.3. The number of rotatable bonds is 23. The van der Waals surface area contributed by atoms with Gasteiger partial charge in [-0.2, -0.15) is 0 Å². The van der Waals surface area contributed by atoms with Gasteiger partial charge in [0.15, 0.2) is 0 Å². The zero-order valence-corrected chi connectivity index (χ0v) is 21.2. The molecule has 0 unspecified atom stereocenters. The van der Waals surface area contributed by atoms with Crippen LogP contribution in [0.3, 0.4) is 0 Å². The Morgan fingerprint density at radius 2 is 0.933 bits per heavy atom. The third-order valence-electron chi connectivity index (χ3n) is 6.15. The van der Waals surface area contributed by atoms with Crippen LogP contribution in [0.2, 0.25) is 0 Å². The maximum atomic E-state index is 12.3. The van der Waals surface area contributed by atoms with Crippen LogP contribution in [0.1, 0.15) is 156 Å². The molecule has 0 aromatic rings. The van der Waals surface area contributed by atoms with Crippen molar-refractivity contribution >= 4 is 5.97 Å². The molecule has 0 aromatic heterocycles. The molecule has 182 valence electrons. The lowest BCUT2D eigenvalue weighted by molar-refractivity contribution is -0.145. The Kier molecular flexibility index (Phi) is 27.9. The van der Waals surface area contributed by atoms with Gasteiger partial charge in [0.25, 0.3) is 0 Å². The van der Waals surface area contributed by atoms with Crippen molar-refractivity contribution in [3.63, 3.8) is 0 Å².